The van der Waals surface area contributed by atoms with Crippen LogP contribution < -0.4 is 0 Å². The van der Waals surface area contributed by atoms with E-state index in [9.17, 15) is 14.3 Å². The molecular formula is C17H12Cl2N2O2S. The molecule has 0 fully saturated rings. The molecule has 0 radical (unpaired) electrons. The predicted octanol–water partition coefficient (Wildman–Crippen LogP) is 4.74. The minimum absolute atomic E-state index is 0.208. The summed E-state index contributed by atoms with van der Waals surface area (Å²) in [5.41, 5.74) is 0.0948. The van der Waals surface area contributed by atoms with Crippen LogP contribution in [0, 0.1) is 11.3 Å². The van der Waals surface area contributed by atoms with Gasteiger partial charge < -0.3 is 0 Å². The van der Waals surface area contributed by atoms with E-state index in [1.54, 1.807) is 42.5 Å². The summed E-state index contributed by atoms with van der Waals surface area (Å²) in [5.74, 6) is -0.510. The molecule has 0 N–H and O–H groups in total. The second kappa shape index (κ2) is 7.63. The van der Waals surface area contributed by atoms with Gasteiger partial charge in [-0.05, 0) is 48.5 Å². The zero-order chi connectivity index (χ0) is 17.7. The highest BCUT2D eigenvalue weighted by Gasteiger charge is 2.12. The molecule has 0 amide bonds. The van der Waals surface area contributed by atoms with Crippen molar-refractivity contribution in [3.05, 3.63) is 75.9 Å². The largest absolute Gasteiger partial charge is 0.288 e. The number of benzene rings is 2. The van der Waals surface area contributed by atoms with E-state index in [0.29, 0.717) is 20.5 Å². The summed E-state index contributed by atoms with van der Waals surface area (Å²) >= 11 is 11.6. The normalized spacial score (nSPS) is 13.7. The number of rotatable bonds is 4. The predicted molar refractivity (Wildman–Crippen MR) is 95.7 cm³/mol. The molecule has 0 saturated heterocycles. The molecule has 2 aromatic rings. The molecule has 1 atom stereocenters. The van der Waals surface area contributed by atoms with Crippen LogP contribution >= 0.6 is 23.2 Å². The molecule has 0 aliphatic heterocycles. The summed E-state index contributed by atoms with van der Waals surface area (Å²) in [6.45, 7) is 0. The SMILES string of the molecule is CS(=O)(=N/C=C(\C#N)C(=O)c1ccc(Cl)cc1)c1ccc(Cl)cc1. The van der Waals surface area contributed by atoms with E-state index >= 15 is 0 Å². The van der Waals surface area contributed by atoms with Crippen molar-refractivity contribution < 1.29 is 9.00 Å². The molecule has 0 spiro atoms. The Balaban J connectivity index is 2.38. The highest BCUT2D eigenvalue weighted by atomic mass is 35.5. The van der Waals surface area contributed by atoms with Gasteiger partial charge in [-0.2, -0.15) is 5.26 Å². The Labute approximate surface area is 150 Å². The van der Waals surface area contributed by atoms with Gasteiger partial charge in [0.1, 0.15) is 11.6 Å². The second-order valence-electron chi connectivity index (χ2n) is 4.85. The van der Waals surface area contributed by atoms with E-state index < -0.39 is 15.5 Å². The summed E-state index contributed by atoms with van der Waals surface area (Å²) in [4.78, 5) is 12.7. The van der Waals surface area contributed by atoms with Crippen LogP contribution in [0.15, 0.2) is 69.6 Å². The maximum Gasteiger partial charge on any atom is 0.205 e. The standard InChI is InChI=1S/C17H12Cl2N2O2S/c1-24(23,16-8-6-15(19)7-9-16)21-11-13(10-20)17(22)12-2-4-14(18)5-3-12/h2-9,11H,1H3/b13-11+. The fourth-order valence-electron chi connectivity index (χ4n) is 1.80. The Morgan fingerprint density at radius 3 is 2.08 bits per heavy atom. The lowest BCUT2D eigenvalue weighted by atomic mass is 10.1. The maximum atomic E-state index is 12.6. The first-order valence-corrected chi connectivity index (χ1v) is 9.39. The molecule has 7 heteroatoms. The second-order valence-corrected chi connectivity index (χ2v) is 8.01. The molecular weight excluding hydrogens is 367 g/mol. The highest BCUT2D eigenvalue weighted by Crippen LogP contribution is 2.17. The lowest BCUT2D eigenvalue weighted by Crippen LogP contribution is -2.02. The van der Waals surface area contributed by atoms with Crippen LogP contribution in [0.25, 0.3) is 0 Å². The summed E-state index contributed by atoms with van der Waals surface area (Å²) in [5, 5.41) is 10.2. The molecule has 1 unspecified atom stereocenters. The molecule has 0 bridgehead atoms. The first-order chi connectivity index (χ1) is 11.3. The van der Waals surface area contributed by atoms with E-state index in [-0.39, 0.29) is 5.57 Å². The molecule has 4 nitrogen and oxygen atoms in total. The lowest BCUT2D eigenvalue weighted by Gasteiger charge is -2.03. The summed E-state index contributed by atoms with van der Waals surface area (Å²) in [7, 11) is -2.79. The molecule has 0 aliphatic carbocycles. The van der Waals surface area contributed by atoms with Gasteiger partial charge in [0.15, 0.2) is 0 Å². The summed E-state index contributed by atoms with van der Waals surface area (Å²) in [6.07, 6.45) is 2.47. The Bertz CT molecular complexity index is 950. The van der Waals surface area contributed by atoms with Gasteiger partial charge in [-0.1, -0.05) is 23.2 Å². The van der Waals surface area contributed by atoms with Gasteiger partial charge in [0.05, 0.1) is 15.9 Å². The minimum Gasteiger partial charge on any atom is -0.288 e. The van der Waals surface area contributed by atoms with Crippen LogP contribution in [-0.4, -0.2) is 16.2 Å². The number of halogens is 2. The van der Waals surface area contributed by atoms with Gasteiger partial charge in [0.25, 0.3) is 0 Å². The third-order valence-electron chi connectivity index (χ3n) is 3.11. The van der Waals surface area contributed by atoms with Crippen LogP contribution in [0.1, 0.15) is 10.4 Å². The Morgan fingerprint density at radius 2 is 1.58 bits per heavy atom. The van der Waals surface area contributed by atoms with Gasteiger partial charge >= 0.3 is 0 Å². The summed E-state index contributed by atoms with van der Waals surface area (Å²) < 4.78 is 16.6. The van der Waals surface area contributed by atoms with Crippen molar-refractivity contribution in [2.75, 3.05) is 6.26 Å². The number of ketones is 1. The van der Waals surface area contributed by atoms with Gasteiger partial charge in [0, 0.05) is 26.8 Å². The van der Waals surface area contributed by atoms with Crippen molar-refractivity contribution in [3.63, 3.8) is 0 Å². The van der Waals surface area contributed by atoms with Crippen molar-refractivity contribution >= 4 is 38.7 Å². The number of carbonyl (C=O) groups excluding carboxylic acids is 1. The van der Waals surface area contributed by atoms with Gasteiger partial charge in [-0.25, -0.2) is 8.57 Å². The van der Waals surface area contributed by atoms with Crippen molar-refractivity contribution in [2.45, 2.75) is 4.90 Å². The lowest BCUT2D eigenvalue weighted by molar-refractivity contribution is 0.103. The topological polar surface area (TPSA) is 70.3 Å². The van der Waals surface area contributed by atoms with Crippen LogP contribution in [-0.2, 0) is 9.73 Å². The molecule has 2 rings (SSSR count). The fourth-order valence-corrected chi connectivity index (χ4v) is 3.12. The van der Waals surface area contributed by atoms with E-state index in [2.05, 4.69) is 4.36 Å². The highest BCUT2D eigenvalue weighted by molar-refractivity contribution is 7.93. The summed E-state index contributed by atoms with van der Waals surface area (Å²) in [6, 6.07) is 14.3. The first-order valence-electron chi connectivity index (χ1n) is 6.71. The quantitative estimate of drug-likeness (QED) is 0.438. The van der Waals surface area contributed by atoms with Crippen LogP contribution in [0.5, 0.6) is 0 Å². The van der Waals surface area contributed by atoms with E-state index in [1.807, 2.05) is 0 Å². The van der Waals surface area contributed by atoms with E-state index in [4.69, 9.17) is 23.2 Å². The zero-order valence-corrected chi connectivity index (χ0v) is 14.9. The Kier molecular flexibility index (Phi) is 5.79. The number of hydrogen-bond donors (Lipinski definition) is 0. The molecule has 0 heterocycles. The smallest absolute Gasteiger partial charge is 0.205 e. The molecule has 122 valence electrons. The number of nitrogens with zero attached hydrogens (tertiary/aromatic N) is 2. The third kappa shape index (κ3) is 4.45. The number of hydrogen-bond acceptors (Lipinski definition) is 4. The Hall–Kier alpha value is -2.13. The van der Waals surface area contributed by atoms with Crippen molar-refractivity contribution in [2.24, 2.45) is 4.36 Å². The van der Waals surface area contributed by atoms with Crippen molar-refractivity contribution in [3.8, 4) is 6.07 Å². The minimum atomic E-state index is -2.79. The van der Waals surface area contributed by atoms with Gasteiger partial charge in [0.2, 0.25) is 5.78 Å². The molecule has 0 aromatic heterocycles. The average molecular weight is 379 g/mol. The number of carbonyl (C=O) groups is 1. The fraction of sp³-hybridized carbons (Fsp3) is 0.0588. The molecule has 2 aromatic carbocycles. The van der Waals surface area contributed by atoms with E-state index in [0.717, 1.165) is 6.20 Å². The monoisotopic (exact) mass is 378 g/mol. The van der Waals surface area contributed by atoms with Gasteiger partial charge in [-0.15, -0.1) is 0 Å². The van der Waals surface area contributed by atoms with E-state index in [1.165, 1.54) is 18.4 Å². The number of nitriles is 1. The maximum absolute atomic E-state index is 12.6. The molecule has 24 heavy (non-hydrogen) atoms. The van der Waals surface area contributed by atoms with Crippen LogP contribution in [0.2, 0.25) is 10.0 Å². The Morgan fingerprint density at radius 1 is 1.08 bits per heavy atom. The first kappa shape index (κ1) is 18.2. The van der Waals surface area contributed by atoms with Gasteiger partial charge in [-0.3, -0.25) is 4.79 Å². The molecule has 0 saturated carbocycles. The van der Waals surface area contributed by atoms with Crippen molar-refractivity contribution in [1.29, 1.82) is 5.26 Å². The average Bonchev–Trinajstić information content (AvgIpc) is 2.56. The zero-order valence-electron chi connectivity index (χ0n) is 12.6. The number of Topliss-reactive ketones (excluding diaryl/α,β-unsaturated/α-hetero) is 1. The molecule has 0 aliphatic rings. The van der Waals surface area contributed by atoms with Crippen LogP contribution in [0.3, 0.4) is 0 Å². The van der Waals surface area contributed by atoms with Crippen LogP contribution in [0.4, 0.5) is 0 Å². The van der Waals surface area contributed by atoms with Crippen molar-refractivity contribution in [1.82, 2.24) is 0 Å². The third-order valence-corrected chi connectivity index (χ3v) is 5.26. The number of allylic oxidation sites excluding steroid dienone is 1.